The van der Waals surface area contributed by atoms with Crippen LogP contribution in [0.2, 0.25) is 0 Å². The van der Waals surface area contributed by atoms with Crippen molar-refractivity contribution in [3.8, 4) is 0 Å². The fourth-order valence-electron chi connectivity index (χ4n) is 4.46. The smallest absolute Gasteiger partial charge is 0.332 e. The molecular formula is C20H33N5O8S2. The largest absolute Gasteiger partial charge is 0.349 e. The maximum absolute atomic E-state index is 12.9. The van der Waals surface area contributed by atoms with Crippen molar-refractivity contribution in [1.82, 2.24) is 21.0 Å². The van der Waals surface area contributed by atoms with Gasteiger partial charge in [0.15, 0.2) is 5.25 Å². The lowest BCUT2D eigenvalue weighted by Gasteiger charge is -2.24. The second-order valence-electron chi connectivity index (χ2n) is 9.02. The second kappa shape index (κ2) is 11.9. The summed E-state index contributed by atoms with van der Waals surface area (Å²) in [5.74, 6) is -2.49. The number of carbonyl (C=O) groups is 4. The molecule has 15 heteroatoms. The molecule has 6 atom stereocenters. The molecular weight excluding hydrogens is 502 g/mol. The van der Waals surface area contributed by atoms with Gasteiger partial charge in [0.05, 0.1) is 24.7 Å². The predicted octanol–water partition coefficient (Wildman–Crippen LogP) is -0.381. The zero-order valence-corrected chi connectivity index (χ0v) is 21.1. The van der Waals surface area contributed by atoms with E-state index in [-0.39, 0.29) is 34.8 Å². The molecule has 3 fully saturated rings. The van der Waals surface area contributed by atoms with E-state index in [0.717, 1.165) is 25.0 Å². The molecule has 3 rings (SSSR count). The minimum Gasteiger partial charge on any atom is -0.332 e. The zero-order valence-electron chi connectivity index (χ0n) is 19.5. The number of thioether (sulfide) groups is 1. The summed E-state index contributed by atoms with van der Waals surface area (Å²) < 4.78 is 31.9. The standard InChI is InChI=1S/C20H33N5O8S2/c1-2-3-4-8-15(21)22-11(6-5-7-13-17-12(10-34-13)23-20(29)24-17)19(28)33-25-16(26)9-14(18(25)27)35(30,31)32/h11-15,17,22H,2-10,21H2,1H3,(H2,23,24,29)(H,30,31,32)/t11?,12-,13-,14?,15?,17-/m0/s1. The van der Waals surface area contributed by atoms with Crippen molar-refractivity contribution in [2.24, 2.45) is 5.73 Å². The number of imide groups is 1. The van der Waals surface area contributed by atoms with Crippen molar-refractivity contribution in [1.29, 1.82) is 0 Å². The zero-order chi connectivity index (χ0) is 25.8. The van der Waals surface area contributed by atoms with Crippen molar-refractivity contribution in [2.45, 2.75) is 93.1 Å². The van der Waals surface area contributed by atoms with Crippen LogP contribution in [-0.2, 0) is 29.3 Å². The van der Waals surface area contributed by atoms with Gasteiger partial charge in [-0.1, -0.05) is 32.6 Å². The Labute approximate surface area is 208 Å². The molecule has 6 N–H and O–H groups in total. The number of fused-ring (bicyclic) bond motifs is 1. The Morgan fingerprint density at radius 3 is 2.66 bits per heavy atom. The summed E-state index contributed by atoms with van der Waals surface area (Å²) in [5, 5.41) is 7.07. The van der Waals surface area contributed by atoms with Crippen LogP contribution in [0.1, 0.15) is 58.3 Å². The number of rotatable bonds is 13. The molecule has 0 radical (unpaired) electrons. The second-order valence-corrected chi connectivity index (χ2v) is 11.9. The van der Waals surface area contributed by atoms with E-state index in [1.165, 1.54) is 0 Å². The summed E-state index contributed by atoms with van der Waals surface area (Å²) in [5.41, 5.74) is 6.14. The number of nitrogens with one attached hydrogen (secondary N) is 3. The van der Waals surface area contributed by atoms with Crippen LogP contribution in [0.4, 0.5) is 4.79 Å². The van der Waals surface area contributed by atoms with Crippen LogP contribution in [0, 0.1) is 0 Å². The molecule has 0 aliphatic carbocycles. The minimum atomic E-state index is -4.82. The SMILES string of the molecule is CCCCCC(N)NC(CCC[C@@H]1SC[C@@H]2NC(=O)N[C@@H]21)C(=O)ON1C(=O)CC(S(=O)(=O)O)C1=O. The quantitative estimate of drug-likeness (QED) is 0.0677. The highest BCUT2D eigenvalue weighted by Crippen LogP contribution is 2.33. The molecule has 3 unspecified atom stereocenters. The van der Waals surface area contributed by atoms with Gasteiger partial charge >= 0.3 is 12.0 Å². The van der Waals surface area contributed by atoms with Crippen LogP contribution in [0.25, 0.3) is 0 Å². The molecule has 35 heavy (non-hydrogen) atoms. The molecule has 0 spiro atoms. The number of urea groups is 1. The first-order chi connectivity index (χ1) is 16.5. The molecule has 3 heterocycles. The number of nitrogens with two attached hydrogens (primary N) is 1. The number of hydroxylamine groups is 2. The monoisotopic (exact) mass is 535 g/mol. The van der Waals surface area contributed by atoms with E-state index in [1.54, 1.807) is 11.8 Å². The van der Waals surface area contributed by atoms with Crippen molar-refractivity contribution >= 4 is 45.7 Å². The summed E-state index contributed by atoms with van der Waals surface area (Å²) in [4.78, 5) is 53.8. The van der Waals surface area contributed by atoms with Crippen molar-refractivity contribution < 1.29 is 37.0 Å². The minimum absolute atomic E-state index is 0.0133. The van der Waals surface area contributed by atoms with E-state index >= 15 is 0 Å². The number of unbranched alkanes of at least 4 members (excludes halogenated alkanes) is 2. The summed E-state index contributed by atoms with van der Waals surface area (Å²) >= 11 is 1.74. The van der Waals surface area contributed by atoms with Gasteiger partial charge in [-0.15, -0.1) is 5.06 Å². The van der Waals surface area contributed by atoms with Gasteiger partial charge in [0, 0.05) is 11.0 Å². The van der Waals surface area contributed by atoms with Crippen LogP contribution in [0.15, 0.2) is 0 Å². The van der Waals surface area contributed by atoms with Crippen molar-refractivity contribution in [3.63, 3.8) is 0 Å². The van der Waals surface area contributed by atoms with Gasteiger partial charge in [-0.2, -0.15) is 20.2 Å². The van der Waals surface area contributed by atoms with Gasteiger partial charge < -0.3 is 21.2 Å². The van der Waals surface area contributed by atoms with Gasteiger partial charge in [-0.05, 0) is 19.3 Å². The molecule has 3 aliphatic rings. The average Bonchev–Trinajstić information content (AvgIpc) is 3.41. The van der Waals surface area contributed by atoms with Crippen LogP contribution in [0.5, 0.6) is 0 Å². The van der Waals surface area contributed by atoms with Crippen molar-refractivity contribution in [3.05, 3.63) is 0 Å². The predicted molar refractivity (Wildman–Crippen MR) is 126 cm³/mol. The van der Waals surface area contributed by atoms with E-state index in [2.05, 4.69) is 22.9 Å². The molecule has 13 nitrogen and oxygen atoms in total. The molecule has 3 saturated heterocycles. The van der Waals surface area contributed by atoms with Crippen LogP contribution in [0.3, 0.4) is 0 Å². The van der Waals surface area contributed by atoms with E-state index in [0.29, 0.717) is 19.3 Å². The Balaban J connectivity index is 1.60. The Morgan fingerprint density at radius 2 is 2.00 bits per heavy atom. The first-order valence-corrected chi connectivity index (χ1v) is 14.3. The molecule has 0 saturated carbocycles. The fourth-order valence-corrected chi connectivity index (χ4v) is 6.70. The van der Waals surface area contributed by atoms with Crippen LogP contribution in [-0.4, -0.2) is 82.4 Å². The maximum atomic E-state index is 12.9. The summed E-state index contributed by atoms with van der Waals surface area (Å²) in [6.07, 6.45) is 3.65. The third-order valence-electron chi connectivity index (χ3n) is 6.34. The summed E-state index contributed by atoms with van der Waals surface area (Å²) in [6, 6.07) is -1.05. The van der Waals surface area contributed by atoms with E-state index in [9.17, 15) is 27.6 Å². The van der Waals surface area contributed by atoms with Crippen LogP contribution < -0.4 is 21.7 Å². The number of nitrogens with zero attached hydrogens (tertiary/aromatic N) is 1. The average molecular weight is 536 g/mol. The van der Waals surface area contributed by atoms with Gasteiger partial charge in [0.2, 0.25) is 0 Å². The van der Waals surface area contributed by atoms with E-state index < -0.39 is 51.8 Å². The first-order valence-electron chi connectivity index (χ1n) is 11.8. The molecule has 0 aromatic heterocycles. The Morgan fingerprint density at radius 1 is 1.26 bits per heavy atom. The Hall–Kier alpha value is -1.94. The topological polar surface area (TPSA) is 197 Å². The normalized spacial score (nSPS) is 28.0. The molecule has 198 valence electrons. The molecule has 0 aromatic rings. The molecule has 0 aromatic carbocycles. The Kier molecular flexibility index (Phi) is 9.37. The molecule has 0 bridgehead atoms. The van der Waals surface area contributed by atoms with Gasteiger partial charge in [-0.3, -0.25) is 19.5 Å². The van der Waals surface area contributed by atoms with Gasteiger partial charge in [-0.25, -0.2) is 9.59 Å². The first kappa shape index (κ1) is 27.6. The highest BCUT2D eigenvalue weighted by molar-refractivity contribution is 8.00. The number of carbonyl (C=O) groups excluding carboxylic acids is 4. The number of hydrogen-bond acceptors (Lipinski definition) is 10. The third kappa shape index (κ3) is 7.06. The van der Waals surface area contributed by atoms with E-state index in [4.69, 9.17) is 15.1 Å². The van der Waals surface area contributed by atoms with Crippen molar-refractivity contribution in [2.75, 3.05) is 5.75 Å². The lowest BCUT2D eigenvalue weighted by molar-refractivity contribution is -0.199. The molecule has 3 aliphatic heterocycles. The lowest BCUT2D eigenvalue weighted by atomic mass is 10.0. The highest BCUT2D eigenvalue weighted by atomic mass is 32.2. The lowest BCUT2D eigenvalue weighted by Crippen LogP contribution is -2.50. The summed E-state index contributed by atoms with van der Waals surface area (Å²) in [6.45, 7) is 2.05. The Bertz CT molecular complexity index is 932. The number of amides is 4. The van der Waals surface area contributed by atoms with Gasteiger partial charge in [0.1, 0.15) is 6.04 Å². The van der Waals surface area contributed by atoms with Crippen LogP contribution >= 0.6 is 11.8 Å². The number of hydrogen-bond donors (Lipinski definition) is 5. The van der Waals surface area contributed by atoms with E-state index in [1.807, 2.05) is 0 Å². The fraction of sp³-hybridized carbons (Fsp3) is 0.800. The summed E-state index contributed by atoms with van der Waals surface area (Å²) in [7, 11) is -4.82. The van der Waals surface area contributed by atoms with Gasteiger partial charge in [0.25, 0.3) is 21.9 Å². The third-order valence-corrected chi connectivity index (χ3v) is 8.94. The highest BCUT2D eigenvalue weighted by Gasteiger charge is 2.49. The maximum Gasteiger partial charge on any atom is 0.349 e. The molecule has 4 amide bonds.